The largest absolute Gasteiger partial charge is 0.352 e. The zero-order chi connectivity index (χ0) is 22.7. The Kier molecular flexibility index (Phi) is 7.52. The van der Waals surface area contributed by atoms with Gasteiger partial charge in [-0.15, -0.1) is 0 Å². The smallest absolute Gasteiger partial charge is 0.228 e. The number of benzene rings is 2. The van der Waals surface area contributed by atoms with Crippen molar-refractivity contribution in [3.8, 4) is 0 Å². The van der Waals surface area contributed by atoms with E-state index >= 15 is 0 Å². The molecule has 0 radical (unpaired) electrons. The molecule has 1 aliphatic carbocycles. The fourth-order valence-corrected chi connectivity index (χ4v) is 6.00. The summed E-state index contributed by atoms with van der Waals surface area (Å²) in [4.78, 5) is 15.7. The monoisotopic (exact) mass is 456 g/mol. The summed E-state index contributed by atoms with van der Waals surface area (Å²) < 4.78 is 13.5. The number of nitrogens with zero attached hydrogens (tertiary/aromatic N) is 1. The first-order chi connectivity index (χ1) is 15.4. The van der Waals surface area contributed by atoms with Crippen molar-refractivity contribution in [3.63, 3.8) is 0 Å². The number of carbonyl (C=O) groups is 1. The molecule has 2 fully saturated rings. The van der Waals surface area contributed by atoms with Crippen LogP contribution in [-0.4, -0.2) is 36.5 Å². The van der Waals surface area contributed by atoms with Gasteiger partial charge in [-0.1, -0.05) is 55.8 Å². The van der Waals surface area contributed by atoms with Gasteiger partial charge in [-0.25, -0.2) is 4.39 Å². The second-order valence-corrected chi connectivity index (χ2v) is 10.3. The van der Waals surface area contributed by atoms with Crippen molar-refractivity contribution < 1.29 is 9.18 Å². The Morgan fingerprint density at radius 3 is 2.66 bits per heavy atom. The summed E-state index contributed by atoms with van der Waals surface area (Å²) in [6.45, 7) is 7.39. The zero-order valence-corrected chi connectivity index (χ0v) is 19.8. The minimum atomic E-state index is -0.267. The van der Waals surface area contributed by atoms with Crippen LogP contribution in [0.2, 0.25) is 5.02 Å². The van der Waals surface area contributed by atoms with Crippen molar-refractivity contribution in [1.29, 1.82) is 0 Å². The van der Waals surface area contributed by atoms with E-state index < -0.39 is 0 Å². The maximum absolute atomic E-state index is 13.5. The van der Waals surface area contributed by atoms with Crippen LogP contribution in [0.15, 0.2) is 48.5 Å². The SMILES string of the molecule is CC(C)C(C(=O)N[C@H]1CC[C@@H]2CN(CCCc3cc(F)cc(Cl)c3)C[C@@H]21)c1ccccc1. The lowest BCUT2D eigenvalue weighted by molar-refractivity contribution is -0.124. The van der Waals surface area contributed by atoms with Crippen LogP contribution < -0.4 is 5.32 Å². The lowest BCUT2D eigenvalue weighted by Crippen LogP contribution is -2.43. The summed E-state index contributed by atoms with van der Waals surface area (Å²) in [6, 6.07) is 15.2. The van der Waals surface area contributed by atoms with Crippen LogP contribution in [-0.2, 0) is 11.2 Å². The molecule has 1 heterocycles. The number of amides is 1. The molecule has 1 amide bonds. The number of hydrogen-bond donors (Lipinski definition) is 1. The van der Waals surface area contributed by atoms with Gasteiger partial charge in [0, 0.05) is 24.2 Å². The highest BCUT2D eigenvalue weighted by Crippen LogP contribution is 2.39. The van der Waals surface area contributed by atoms with Gasteiger partial charge in [0.2, 0.25) is 5.91 Å². The van der Waals surface area contributed by atoms with Crippen molar-refractivity contribution in [3.05, 3.63) is 70.5 Å². The van der Waals surface area contributed by atoms with Crippen LogP contribution in [0.3, 0.4) is 0 Å². The lowest BCUT2D eigenvalue weighted by Gasteiger charge is -2.26. The third-order valence-corrected chi connectivity index (χ3v) is 7.45. The highest BCUT2D eigenvalue weighted by atomic mass is 35.5. The molecule has 1 N–H and O–H groups in total. The first-order valence-corrected chi connectivity index (χ1v) is 12.3. The van der Waals surface area contributed by atoms with Gasteiger partial charge in [-0.2, -0.15) is 0 Å². The number of nitrogens with one attached hydrogen (secondary N) is 1. The van der Waals surface area contributed by atoms with E-state index in [0.717, 1.165) is 50.0 Å². The molecular formula is C27H34ClFN2O. The fourth-order valence-electron chi connectivity index (χ4n) is 5.75. The number of fused-ring (bicyclic) bond motifs is 1. The Bertz CT molecular complexity index is 899. The molecule has 4 rings (SSSR count). The van der Waals surface area contributed by atoms with E-state index in [4.69, 9.17) is 11.6 Å². The maximum atomic E-state index is 13.5. The summed E-state index contributed by atoms with van der Waals surface area (Å²) >= 11 is 5.97. The highest BCUT2D eigenvalue weighted by Gasteiger charge is 2.43. The van der Waals surface area contributed by atoms with Gasteiger partial charge in [0.15, 0.2) is 0 Å². The predicted molar refractivity (Wildman–Crippen MR) is 128 cm³/mol. The summed E-state index contributed by atoms with van der Waals surface area (Å²) in [6.07, 6.45) is 4.08. The van der Waals surface area contributed by atoms with E-state index in [-0.39, 0.29) is 29.6 Å². The van der Waals surface area contributed by atoms with Gasteiger partial charge in [0.05, 0.1) is 5.92 Å². The maximum Gasteiger partial charge on any atom is 0.228 e. The van der Waals surface area contributed by atoms with Crippen LogP contribution in [0.25, 0.3) is 0 Å². The van der Waals surface area contributed by atoms with Crippen LogP contribution in [0, 0.1) is 23.6 Å². The topological polar surface area (TPSA) is 32.3 Å². The van der Waals surface area contributed by atoms with E-state index in [1.54, 1.807) is 6.07 Å². The summed E-state index contributed by atoms with van der Waals surface area (Å²) in [5, 5.41) is 3.89. The Morgan fingerprint density at radius 1 is 1.16 bits per heavy atom. The fraction of sp³-hybridized carbons (Fsp3) is 0.519. The molecule has 172 valence electrons. The third-order valence-electron chi connectivity index (χ3n) is 7.23. The lowest BCUT2D eigenvalue weighted by atomic mass is 9.87. The summed E-state index contributed by atoms with van der Waals surface area (Å²) in [7, 11) is 0. The van der Waals surface area contributed by atoms with Gasteiger partial charge < -0.3 is 10.2 Å². The van der Waals surface area contributed by atoms with Gasteiger partial charge in [0.1, 0.15) is 5.82 Å². The molecule has 5 heteroatoms. The van der Waals surface area contributed by atoms with Crippen molar-refractivity contribution in [2.75, 3.05) is 19.6 Å². The van der Waals surface area contributed by atoms with Crippen LogP contribution in [0.1, 0.15) is 50.2 Å². The van der Waals surface area contributed by atoms with Gasteiger partial charge >= 0.3 is 0 Å². The van der Waals surface area contributed by atoms with Gasteiger partial charge in [-0.3, -0.25) is 4.79 Å². The molecule has 3 nitrogen and oxygen atoms in total. The molecule has 2 aromatic carbocycles. The quantitative estimate of drug-likeness (QED) is 0.554. The van der Waals surface area contributed by atoms with E-state index in [9.17, 15) is 9.18 Å². The Labute approximate surface area is 196 Å². The van der Waals surface area contributed by atoms with Gasteiger partial charge in [-0.05, 0) is 79.3 Å². The molecule has 1 saturated heterocycles. The highest BCUT2D eigenvalue weighted by molar-refractivity contribution is 6.30. The van der Waals surface area contributed by atoms with Crippen molar-refractivity contribution in [2.45, 2.75) is 51.5 Å². The Hall–Kier alpha value is -1.91. The molecule has 1 aliphatic heterocycles. The molecular weight excluding hydrogens is 423 g/mol. The van der Waals surface area contributed by atoms with E-state index in [1.165, 1.54) is 12.5 Å². The average molecular weight is 457 g/mol. The summed E-state index contributed by atoms with van der Waals surface area (Å²) in [5.41, 5.74) is 2.06. The molecule has 2 aliphatic rings. The Morgan fingerprint density at radius 2 is 1.94 bits per heavy atom. The number of halogens is 2. The van der Waals surface area contributed by atoms with Crippen LogP contribution in [0.4, 0.5) is 4.39 Å². The predicted octanol–water partition coefficient (Wildman–Crippen LogP) is 5.68. The molecule has 4 atom stereocenters. The molecule has 0 bridgehead atoms. The standard InChI is InChI=1S/C27H34ClFN2O/c1-18(2)26(20-8-4-3-5-9-20)27(32)30-25-11-10-21-16-31(17-24(21)25)12-6-7-19-13-22(28)15-23(29)14-19/h3-5,8-9,13-15,18,21,24-26H,6-7,10-12,16-17H2,1-2H3,(H,30,32)/t21-,24+,25+,26?/m1/s1. The second kappa shape index (κ2) is 10.4. The molecule has 1 unspecified atom stereocenters. The van der Waals surface area contributed by atoms with Crippen molar-refractivity contribution >= 4 is 17.5 Å². The third kappa shape index (κ3) is 5.52. The minimum Gasteiger partial charge on any atom is -0.352 e. The van der Waals surface area contributed by atoms with Crippen LogP contribution >= 0.6 is 11.6 Å². The van der Waals surface area contributed by atoms with Crippen molar-refractivity contribution in [1.82, 2.24) is 10.2 Å². The van der Waals surface area contributed by atoms with Crippen molar-refractivity contribution in [2.24, 2.45) is 17.8 Å². The second-order valence-electron chi connectivity index (χ2n) is 9.89. The van der Waals surface area contributed by atoms with Gasteiger partial charge in [0.25, 0.3) is 0 Å². The minimum absolute atomic E-state index is 0.106. The zero-order valence-electron chi connectivity index (χ0n) is 19.1. The van der Waals surface area contributed by atoms with E-state index in [0.29, 0.717) is 16.9 Å². The Balaban J connectivity index is 1.30. The summed E-state index contributed by atoms with van der Waals surface area (Å²) in [5.74, 6) is 1.25. The number of hydrogen-bond acceptors (Lipinski definition) is 2. The number of likely N-dealkylation sites (tertiary alicyclic amines) is 1. The molecule has 32 heavy (non-hydrogen) atoms. The number of aryl methyl sites for hydroxylation is 1. The van der Waals surface area contributed by atoms with Crippen LogP contribution in [0.5, 0.6) is 0 Å². The first kappa shape index (κ1) is 23.3. The molecule has 0 spiro atoms. The molecule has 0 aromatic heterocycles. The van der Waals surface area contributed by atoms with E-state index in [2.05, 4.69) is 36.2 Å². The average Bonchev–Trinajstić information content (AvgIpc) is 3.29. The number of carbonyl (C=O) groups excluding carboxylic acids is 1. The first-order valence-electron chi connectivity index (χ1n) is 11.9. The molecule has 2 aromatic rings. The normalized spacial score (nSPS) is 24.0. The van der Waals surface area contributed by atoms with E-state index in [1.807, 2.05) is 24.3 Å². The molecule has 1 saturated carbocycles. The number of rotatable bonds is 8.